The lowest BCUT2D eigenvalue weighted by Gasteiger charge is -2.23. The van der Waals surface area contributed by atoms with Gasteiger partial charge in [0.1, 0.15) is 5.82 Å². The molecular formula is C13H17ClN4. The van der Waals surface area contributed by atoms with Gasteiger partial charge in [0.05, 0.1) is 6.04 Å². The van der Waals surface area contributed by atoms with Crippen LogP contribution in [0.2, 0.25) is 5.28 Å². The minimum absolute atomic E-state index is 0.0652. The predicted molar refractivity (Wildman–Crippen MR) is 71.8 cm³/mol. The molecule has 0 aliphatic carbocycles. The molecule has 1 atom stereocenters. The molecule has 2 rings (SSSR count). The summed E-state index contributed by atoms with van der Waals surface area (Å²) in [7, 11) is 0. The maximum atomic E-state index is 6.16. The molecule has 96 valence electrons. The Balaban J connectivity index is 2.48. The van der Waals surface area contributed by atoms with Gasteiger partial charge in [0.2, 0.25) is 5.28 Å². The molecule has 2 heterocycles. The van der Waals surface area contributed by atoms with E-state index in [1.165, 1.54) is 0 Å². The largest absolute Gasteiger partial charge is 0.294 e. The van der Waals surface area contributed by atoms with Crippen LogP contribution in [0.4, 0.5) is 0 Å². The molecule has 0 saturated carbocycles. The van der Waals surface area contributed by atoms with Crippen molar-refractivity contribution in [3.8, 4) is 0 Å². The second-order valence-corrected chi connectivity index (χ2v) is 5.71. The number of pyridine rings is 1. The molecule has 1 unspecified atom stereocenters. The zero-order valence-corrected chi connectivity index (χ0v) is 11.8. The summed E-state index contributed by atoms with van der Waals surface area (Å²) >= 11 is 6.16. The first-order valence-electron chi connectivity index (χ1n) is 5.92. The van der Waals surface area contributed by atoms with Crippen molar-refractivity contribution in [3.63, 3.8) is 0 Å². The van der Waals surface area contributed by atoms with Crippen LogP contribution in [-0.2, 0) is 5.41 Å². The van der Waals surface area contributed by atoms with Crippen molar-refractivity contribution in [2.24, 2.45) is 0 Å². The molecule has 0 aliphatic rings. The van der Waals surface area contributed by atoms with Gasteiger partial charge in [-0.3, -0.25) is 9.55 Å². The molecule has 0 spiro atoms. The van der Waals surface area contributed by atoms with Gasteiger partial charge in [0.15, 0.2) is 0 Å². The van der Waals surface area contributed by atoms with Gasteiger partial charge < -0.3 is 0 Å². The van der Waals surface area contributed by atoms with Gasteiger partial charge in [-0.25, -0.2) is 0 Å². The zero-order valence-electron chi connectivity index (χ0n) is 11.1. The highest BCUT2D eigenvalue weighted by molar-refractivity contribution is 6.28. The molecule has 4 nitrogen and oxygen atoms in total. The molecule has 0 radical (unpaired) electrons. The fourth-order valence-electron chi connectivity index (χ4n) is 1.90. The summed E-state index contributed by atoms with van der Waals surface area (Å²) in [6.45, 7) is 8.36. The van der Waals surface area contributed by atoms with Gasteiger partial charge in [-0.2, -0.15) is 0 Å². The van der Waals surface area contributed by atoms with E-state index < -0.39 is 0 Å². The minimum Gasteiger partial charge on any atom is -0.294 e. The molecule has 0 saturated heterocycles. The summed E-state index contributed by atoms with van der Waals surface area (Å²) in [5.41, 5.74) is 0.987. The second-order valence-electron chi connectivity index (χ2n) is 5.37. The topological polar surface area (TPSA) is 43.6 Å². The van der Waals surface area contributed by atoms with Crippen LogP contribution >= 0.6 is 11.6 Å². The Kier molecular flexibility index (Phi) is 3.39. The second kappa shape index (κ2) is 4.69. The van der Waals surface area contributed by atoms with E-state index in [1.807, 2.05) is 22.9 Å². The van der Waals surface area contributed by atoms with Gasteiger partial charge in [0.25, 0.3) is 0 Å². The summed E-state index contributed by atoms with van der Waals surface area (Å²) in [6.07, 6.45) is 3.60. The van der Waals surface area contributed by atoms with Gasteiger partial charge in [-0.05, 0) is 30.2 Å². The first-order chi connectivity index (χ1) is 8.41. The van der Waals surface area contributed by atoms with Crippen LogP contribution in [0, 0.1) is 0 Å². The monoisotopic (exact) mass is 264 g/mol. The minimum atomic E-state index is -0.101. The maximum absolute atomic E-state index is 6.16. The number of hydrogen-bond acceptors (Lipinski definition) is 3. The third-order valence-electron chi connectivity index (χ3n) is 2.88. The van der Waals surface area contributed by atoms with Crippen LogP contribution in [0.5, 0.6) is 0 Å². The Bertz CT molecular complexity index is 528. The van der Waals surface area contributed by atoms with Crippen molar-refractivity contribution in [1.29, 1.82) is 0 Å². The normalized spacial score (nSPS) is 13.6. The summed E-state index contributed by atoms with van der Waals surface area (Å²) < 4.78 is 1.96. The Hall–Kier alpha value is -1.42. The Labute approximate surface area is 112 Å². The van der Waals surface area contributed by atoms with Crippen LogP contribution in [0.15, 0.2) is 24.5 Å². The van der Waals surface area contributed by atoms with Crippen molar-refractivity contribution in [1.82, 2.24) is 19.7 Å². The third-order valence-corrected chi connectivity index (χ3v) is 3.14. The van der Waals surface area contributed by atoms with Crippen LogP contribution in [0.3, 0.4) is 0 Å². The van der Waals surface area contributed by atoms with E-state index in [0.717, 1.165) is 11.4 Å². The number of hydrogen-bond donors (Lipinski definition) is 0. The van der Waals surface area contributed by atoms with Crippen molar-refractivity contribution in [3.05, 3.63) is 41.2 Å². The molecule has 2 aromatic rings. The van der Waals surface area contributed by atoms with Crippen molar-refractivity contribution in [2.75, 3.05) is 0 Å². The van der Waals surface area contributed by atoms with Crippen molar-refractivity contribution >= 4 is 11.6 Å². The maximum Gasteiger partial charge on any atom is 0.225 e. The average molecular weight is 265 g/mol. The van der Waals surface area contributed by atoms with E-state index in [1.54, 1.807) is 6.20 Å². The van der Waals surface area contributed by atoms with Crippen molar-refractivity contribution in [2.45, 2.75) is 39.2 Å². The first-order valence-corrected chi connectivity index (χ1v) is 6.30. The van der Waals surface area contributed by atoms with E-state index in [0.29, 0.717) is 5.28 Å². The average Bonchev–Trinajstić information content (AvgIpc) is 2.71. The highest BCUT2D eigenvalue weighted by Crippen LogP contribution is 2.29. The first kappa shape index (κ1) is 13.0. The Morgan fingerprint density at radius 3 is 2.56 bits per heavy atom. The number of halogens is 1. The SMILES string of the molecule is CC(c1cccnc1)n1c(Cl)nnc1C(C)(C)C. The number of rotatable bonds is 2. The van der Waals surface area contributed by atoms with Gasteiger partial charge >= 0.3 is 0 Å². The molecule has 0 N–H and O–H groups in total. The van der Waals surface area contributed by atoms with Gasteiger partial charge in [-0.15, -0.1) is 10.2 Å². The molecule has 5 heteroatoms. The van der Waals surface area contributed by atoms with E-state index in [2.05, 4.69) is 42.9 Å². The van der Waals surface area contributed by atoms with Crippen molar-refractivity contribution < 1.29 is 0 Å². The molecule has 0 aliphatic heterocycles. The summed E-state index contributed by atoms with van der Waals surface area (Å²) in [6, 6.07) is 4.01. The molecular weight excluding hydrogens is 248 g/mol. The Morgan fingerprint density at radius 1 is 1.28 bits per heavy atom. The number of nitrogens with zero attached hydrogens (tertiary/aromatic N) is 4. The highest BCUT2D eigenvalue weighted by atomic mass is 35.5. The van der Waals surface area contributed by atoms with Crippen LogP contribution < -0.4 is 0 Å². The molecule has 0 aromatic carbocycles. The fourth-order valence-corrected chi connectivity index (χ4v) is 2.16. The van der Waals surface area contributed by atoms with E-state index >= 15 is 0 Å². The van der Waals surface area contributed by atoms with Crippen LogP contribution in [-0.4, -0.2) is 19.7 Å². The predicted octanol–water partition coefficient (Wildman–Crippen LogP) is 3.23. The molecule has 0 bridgehead atoms. The van der Waals surface area contributed by atoms with Crippen LogP contribution in [0.25, 0.3) is 0 Å². The van der Waals surface area contributed by atoms with Gasteiger partial charge in [0, 0.05) is 17.8 Å². The smallest absolute Gasteiger partial charge is 0.225 e. The zero-order chi connectivity index (χ0) is 13.3. The summed E-state index contributed by atoms with van der Waals surface area (Å²) in [5, 5.41) is 8.60. The lowest BCUT2D eigenvalue weighted by atomic mass is 9.95. The lowest BCUT2D eigenvalue weighted by molar-refractivity contribution is 0.481. The summed E-state index contributed by atoms with van der Waals surface area (Å²) in [4.78, 5) is 4.14. The molecule has 0 fully saturated rings. The molecule has 18 heavy (non-hydrogen) atoms. The summed E-state index contributed by atoms with van der Waals surface area (Å²) in [5.74, 6) is 0.879. The fraction of sp³-hybridized carbons (Fsp3) is 0.462. The lowest BCUT2D eigenvalue weighted by Crippen LogP contribution is -2.21. The number of aromatic nitrogens is 4. The standard InChI is InChI=1S/C13H17ClN4/c1-9(10-6-5-7-15-8-10)18-11(13(2,3)4)16-17-12(18)14/h5-9H,1-4H3. The third kappa shape index (κ3) is 2.38. The highest BCUT2D eigenvalue weighted by Gasteiger charge is 2.26. The van der Waals surface area contributed by atoms with Crippen LogP contribution in [0.1, 0.15) is 45.1 Å². The van der Waals surface area contributed by atoms with Gasteiger partial charge in [-0.1, -0.05) is 26.8 Å². The van der Waals surface area contributed by atoms with E-state index in [9.17, 15) is 0 Å². The van der Waals surface area contributed by atoms with E-state index in [-0.39, 0.29) is 11.5 Å². The Morgan fingerprint density at radius 2 is 2.00 bits per heavy atom. The van der Waals surface area contributed by atoms with E-state index in [4.69, 9.17) is 11.6 Å². The quantitative estimate of drug-likeness (QED) is 0.836. The molecule has 2 aromatic heterocycles. The molecule has 0 amide bonds.